The molecule has 1 aromatic carbocycles. The maximum Gasteiger partial charge on any atom is 0.0754 e. The molecule has 2 aliphatic heterocycles. The second-order valence-corrected chi connectivity index (χ2v) is 5.58. The monoisotopic (exact) mass is 246 g/mol. The number of aryl methyl sites for hydroxylation is 1. The second-order valence-electron chi connectivity index (χ2n) is 5.58. The first-order valence-corrected chi connectivity index (χ1v) is 7.01. The van der Waals surface area contributed by atoms with E-state index in [4.69, 9.17) is 10.5 Å². The molecule has 0 radical (unpaired) electrons. The van der Waals surface area contributed by atoms with Gasteiger partial charge in [0.2, 0.25) is 0 Å². The maximum absolute atomic E-state index is 5.94. The van der Waals surface area contributed by atoms with E-state index < -0.39 is 0 Å². The fourth-order valence-electron chi connectivity index (χ4n) is 3.15. The summed E-state index contributed by atoms with van der Waals surface area (Å²) in [5, 5.41) is 0. The van der Waals surface area contributed by atoms with Gasteiger partial charge in [-0.25, -0.2) is 0 Å². The lowest BCUT2D eigenvalue weighted by Gasteiger charge is -2.33. The van der Waals surface area contributed by atoms with E-state index in [1.165, 1.54) is 30.5 Å². The van der Waals surface area contributed by atoms with Gasteiger partial charge in [-0.05, 0) is 56.4 Å². The zero-order chi connectivity index (χ0) is 12.5. The molecule has 2 aliphatic rings. The highest BCUT2D eigenvalue weighted by Crippen LogP contribution is 2.30. The molecule has 0 aliphatic carbocycles. The number of nitrogens with two attached hydrogens (primary N) is 1. The zero-order valence-electron chi connectivity index (χ0n) is 11.1. The minimum Gasteiger partial charge on any atom is -0.399 e. The van der Waals surface area contributed by atoms with Crippen LogP contribution in [0.4, 0.5) is 11.4 Å². The highest BCUT2D eigenvalue weighted by atomic mass is 16.5. The normalized spacial score (nSPS) is 27.3. The van der Waals surface area contributed by atoms with Gasteiger partial charge in [0.05, 0.1) is 12.2 Å². The molecular weight excluding hydrogens is 224 g/mol. The van der Waals surface area contributed by atoms with Gasteiger partial charge in [0.15, 0.2) is 0 Å². The molecule has 0 saturated carbocycles. The van der Waals surface area contributed by atoms with Crippen LogP contribution in [0.5, 0.6) is 0 Å². The summed E-state index contributed by atoms with van der Waals surface area (Å²) in [5.74, 6) is 0. The highest BCUT2D eigenvalue weighted by molar-refractivity contribution is 5.61. The van der Waals surface area contributed by atoms with Crippen molar-refractivity contribution in [3.05, 3.63) is 23.8 Å². The van der Waals surface area contributed by atoms with E-state index >= 15 is 0 Å². The molecule has 3 rings (SSSR count). The molecule has 2 N–H and O–H groups in total. The SMILES string of the molecule is CC1CCC(CN2CCCc3cc(N)ccc32)O1. The van der Waals surface area contributed by atoms with E-state index in [-0.39, 0.29) is 0 Å². The van der Waals surface area contributed by atoms with Gasteiger partial charge in [-0.15, -0.1) is 0 Å². The molecule has 98 valence electrons. The Bertz CT molecular complexity index is 433. The number of anilines is 2. The van der Waals surface area contributed by atoms with Crippen molar-refractivity contribution in [1.29, 1.82) is 0 Å². The van der Waals surface area contributed by atoms with Gasteiger partial charge in [-0.2, -0.15) is 0 Å². The highest BCUT2D eigenvalue weighted by Gasteiger charge is 2.26. The van der Waals surface area contributed by atoms with Crippen LogP contribution in [0.25, 0.3) is 0 Å². The fraction of sp³-hybridized carbons (Fsp3) is 0.600. The van der Waals surface area contributed by atoms with Crippen LogP contribution in [0.1, 0.15) is 31.7 Å². The summed E-state index contributed by atoms with van der Waals surface area (Å²) in [6.45, 7) is 4.34. The lowest BCUT2D eigenvalue weighted by Crippen LogP contribution is -2.36. The Morgan fingerprint density at radius 2 is 2.28 bits per heavy atom. The average molecular weight is 246 g/mol. The Hall–Kier alpha value is -1.22. The van der Waals surface area contributed by atoms with Gasteiger partial charge in [-0.1, -0.05) is 0 Å². The molecule has 2 unspecified atom stereocenters. The van der Waals surface area contributed by atoms with Crippen molar-refractivity contribution < 1.29 is 4.74 Å². The Balaban J connectivity index is 1.75. The first-order chi connectivity index (χ1) is 8.72. The number of hydrogen-bond donors (Lipinski definition) is 1. The van der Waals surface area contributed by atoms with Gasteiger partial charge in [0, 0.05) is 24.5 Å². The van der Waals surface area contributed by atoms with Gasteiger partial charge >= 0.3 is 0 Å². The Labute approximate surface area is 109 Å². The van der Waals surface area contributed by atoms with Crippen molar-refractivity contribution in [3.63, 3.8) is 0 Å². The number of ether oxygens (including phenoxy) is 1. The van der Waals surface area contributed by atoms with Crippen LogP contribution in [0.3, 0.4) is 0 Å². The zero-order valence-corrected chi connectivity index (χ0v) is 11.1. The van der Waals surface area contributed by atoms with Crippen molar-refractivity contribution in [3.8, 4) is 0 Å². The van der Waals surface area contributed by atoms with Crippen molar-refractivity contribution in [2.75, 3.05) is 23.7 Å². The molecule has 1 saturated heterocycles. The van der Waals surface area contributed by atoms with Gasteiger partial charge in [-0.3, -0.25) is 0 Å². The van der Waals surface area contributed by atoms with Crippen molar-refractivity contribution in [2.45, 2.75) is 44.8 Å². The molecule has 1 aromatic rings. The molecule has 0 amide bonds. The lowest BCUT2D eigenvalue weighted by atomic mass is 10.0. The molecule has 0 spiro atoms. The van der Waals surface area contributed by atoms with E-state index in [9.17, 15) is 0 Å². The first kappa shape index (κ1) is 11.8. The van der Waals surface area contributed by atoms with Crippen LogP contribution >= 0.6 is 0 Å². The number of rotatable bonds is 2. The number of nitrogens with zero attached hydrogens (tertiary/aromatic N) is 1. The molecular formula is C15H22N2O. The minimum atomic E-state index is 0.406. The lowest BCUT2D eigenvalue weighted by molar-refractivity contribution is 0.0598. The molecule has 18 heavy (non-hydrogen) atoms. The van der Waals surface area contributed by atoms with Gasteiger partial charge in [0.1, 0.15) is 0 Å². The standard InChI is InChI=1S/C15H22N2O/c1-11-4-6-14(18-11)10-17-8-2-3-12-9-13(16)5-7-15(12)17/h5,7,9,11,14H,2-4,6,8,10,16H2,1H3. The number of nitrogen functional groups attached to an aromatic ring is 1. The summed E-state index contributed by atoms with van der Waals surface area (Å²) < 4.78 is 5.94. The molecule has 0 aromatic heterocycles. The van der Waals surface area contributed by atoms with E-state index in [1.807, 2.05) is 6.07 Å². The predicted molar refractivity (Wildman–Crippen MR) is 75.0 cm³/mol. The summed E-state index contributed by atoms with van der Waals surface area (Å²) in [7, 11) is 0. The summed E-state index contributed by atoms with van der Waals surface area (Å²) in [5.41, 5.74) is 9.50. The average Bonchev–Trinajstić information content (AvgIpc) is 2.75. The molecule has 1 fully saturated rings. The van der Waals surface area contributed by atoms with Gasteiger partial charge in [0.25, 0.3) is 0 Å². The van der Waals surface area contributed by atoms with Crippen LogP contribution in [0.2, 0.25) is 0 Å². The number of hydrogen-bond acceptors (Lipinski definition) is 3. The van der Waals surface area contributed by atoms with Gasteiger partial charge < -0.3 is 15.4 Å². The van der Waals surface area contributed by atoms with Crippen molar-refractivity contribution >= 4 is 11.4 Å². The van der Waals surface area contributed by atoms with Crippen LogP contribution in [0.15, 0.2) is 18.2 Å². The van der Waals surface area contributed by atoms with Crippen molar-refractivity contribution in [1.82, 2.24) is 0 Å². The minimum absolute atomic E-state index is 0.406. The molecule has 0 bridgehead atoms. The summed E-state index contributed by atoms with van der Waals surface area (Å²) >= 11 is 0. The number of benzene rings is 1. The van der Waals surface area contributed by atoms with E-state index in [1.54, 1.807) is 0 Å². The smallest absolute Gasteiger partial charge is 0.0754 e. The third-order valence-corrected chi connectivity index (χ3v) is 4.06. The molecule has 3 nitrogen and oxygen atoms in total. The quantitative estimate of drug-likeness (QED) is 0.815. The predicted octanol–water partition coefficient (Wildman–Crippen LogP) is 2.59. The third kappa shape index (κ3) is 2.32. The van der Waals surface area contributed by atoms with Crippen LogP contribution < -0.4 is 10.6 Å². The topological polar surface area (TPSA) is 38.5 Å². The van der Waals surface area contributed by atoms with E-state index in [0.717, 1.165) is 25.2 Å². The molecule has 3 heteroatoms. The Morgan fingerprint density at radius 3 is 3.06 bits per heavy atom. The third-order valence-electron chi connectivity index (χ3n) is 4.06. The van der Waals surface area contributed by atoms with Crippen LogP contribution in [-0.4, -0.2) is 25.3 Å². The first-order valence-electron chi connectivity index (χ1n) is 7.01. The second kappa shape index (κ2) is 4.81. The van der Waals surface area contributed by atoms with Crippen LogP contribution in [-0.2, 0) is 11.2 Å². The Kier molecular flexibility index (Phi) is 3.16. The fourth-order valence-corrected chi connectivity index (χ4v) is 3.15. The molecule has 2 atom stereocenters. The summed E-state index contributed by atoms with van der Waals surface area (Å²) in [6, 6.07) is 6.30. The van der Waals surface area contributed by atoms with E-state index in [0.29, 0.717) is 12.2 Å². The maximum atomic E-state index is 5.94. The van der Waals surface area contributed by atoms with E-state index in [2.05, 4.69) is 24.0 Å². The Morgan fingerprint density at radius 1 is 1.39 bits per heavy atom. The van der Waals surface area contributed by atoms with Crippen LogP contribution in [0, 0.1) is 0 Å². The summed E-state index contributed by atoms with van der Waals surface area (Å²) in [4.78, 5) is 2.47. The molecule has 2 heterocycles. The summed E-state index contributed by atoms with van der Waals surface area (Å²) in [6.07, 6.45) is 5.61. The largest absolute Gasteiger partial charge is 0.399 e. The van der Waals surface area contributed by atoms with Crippen molar-refractivity contribution in [2.24, 2.45) is 0 Å². The number of fused-ring (bicyclic) bond motifs is 1.